The number of hydrogen-bond donors (Lipinski definition) is 1. The van der Waals surface area contributed by atoms with Crippen molar-refractivity contribution in [2.24, 2.45) is 5.41 Å². The number of nitrogens with one attached hydrogen (secondary N) is 1. The highest BCUT2D eigenvalue weighted by Crippen LogP contribution is 2.29. The van der Waals surface area contributed by atoms with Gasteiger partial charge in [-0.2, -0.15) is 0 Å². The molecule has 3 nitrogen and oxygen atoms in total. The SMILES string of the molecule is CNC(=O)C1(C)CCOCC1. The van der Waals surface area contributed by atoms with Crippen LogP contribution in [0.3, 0.4) is 0 Å². The van der Waals surface area contributed by atoms with Crippen LogP contribution in [-0.2, 0) is 9.53 Å². The minimum absolute atomic E-state index is 0.140. The number of carbonyl (C=O) groups is 1. The first-order valence-corrected chi connectivity index (χ1v) is 3.99. The molecular formula is C8H15NO2. The van der Waals surface area contributed by atoms with Crippen molar-refractivity contribution >= 4 is 5.91 Å². The van der Waals surface area contributed by atoms with Crippen LogP contribution in [0.2, 0.25) is 0 Å². The van der Waals surface area contributed by atoms with Crippen LogP contribution in [0.25, 0.3) is 0 Å². The summed E-state index contributed by atoms with van der Waals surface area (Å²) in [5.41, 5.74) is -0.187. The van der Waals surface area contributed by atoms with E-state index in [1.54, 1.807) is 7.05 Å². The third-order valence-corrected chi connectivity index (χ3v) is 2.37. The first kappa shape index (κ1) is 8.53. The van der Waals surface area contributed by atoms with Crippen LogP contribution < -0.4 is 5.32 Å². The van der Waals surface area contributed by atoms with Crippen LogP contribution in [0.4, 0.5) is 0 Å². The van der Waals surface area contributed by atoms with Crippen molar-refractivity contribution < 1.29 is 9.53 Å². The lowest BCUT2D eigenvalue weighted by Gasteiger charge is -2.31. The van der Waals surface area contributed by atoms with E-state index < -0.39 is 0 Å². The molecule has 0 spiro atoms. The van der Waals surface area contributed by atoms with Gasteiger partial charge in [-0.3, -0.25) is 4.79 Å². The van der Waals surface area contributed by atoms with E-state index in [-0.39, 0.29) is 11.3 Å². The summed E-state index contributed by atoms with van der Waals surface area (Å²) in [7, 11) is 1.68. The molecule has 0 radical (unpaired) electrons. The van der Waals surface area contributed by atoms with E-state index in [2.05, 4.69) is 5.32 Å². The molecule has 1 amide bonds. The van der Waals surface area contributed by atoms with Crippen LogP contribution in [0.1, 0.15) is 19.8 Å². The Morgan fingerprint density at radius 1 is 1.45 bits per heavy atom. The van der Waals surface area contributed by atoms with Gasteiger partial charge in [-0.15, -0.1) is 0 Å². The summed E-state index contributed by atoms with van der Waals surface area (Å²) in [6.07, 6.45) is 1.68. The van der Waals surface area contributed by atoms with E-state index >= 15 is 0 Å². The highest BCUT2D eigenvalue weighted by molar-refractivity contribution is 5.81. The van der Waals surface area contributed by atoms with E-state index in [0.29, 0.717) is 13.2 Å². The van der Waals surface area contributed by atoms with Gasteiger partial charge in [-0.25, -0.2) is 0 Å². The van der Waals surface area contributed by atoms with Crippen molar-refractivity contribution in [2.75, 3.05) is 20.3 Å². The molecule has 11 heavy (non-hydrogen) atoms. The molecule has 1 fully saturated rings. The van der Waals surface area contributed by atoms with E-state index in [4.69, 9.17) is 4.74 Å². The molecule has 1 N–H and O–H groups in total. The molecule has 1 aliphatic rings. The lowest BCUT2D eigenvalue weighted by Crippen LogP contribution is -2.40. The molecule has 0 atom stereocenters. The van der Waals surface area contributed by atoms with Crippen LogP contribution in [-0.4, -0.2) is 26.2 Å². The molecule has 0 aromatic heterocycles. The molecule has 0 unspecified atom stereocenters. The van der Waals surface area contributed by atoms with E-state index in [0.717, 1.165) is 12.8 Å². The van der Waals surface area contributed by atoms with Crippen molar-refractivity contribution in [3.63, 3.8) is 0 Å². The second-order valence-corrected chi connectivity index (χ2v) is 3.25. The van der Waals surface area contributed by atoms with Crippen LogP contribution in [0, 0.1) is 5.41 Å². The number of ether oxygens (including phenoxy) is 1. The zero-order valence-corrected chi connectivity index (χ0v) is 7.14. The predicted octanol–water partition coefficient (Wildman–Crippen LogP) is 0.549. The molecule has 0 aromatic rings. The second kappa shape index (κ2) is 3.22. The molecule has 1 aliphatic heterocycles. The lowest BCUT2D eigenvalue weighted by atomic mass is 9.81. The Morgan fingerprint density at radius 3 is 2.45 bits per heavy atom. The molecule has 64 valence electrons. The summed E-state index contributed by atoms with van der Waals surface area (Å²) >= 11 is 0. The Balaban J connectivity index is 2.56. The quantitative estimate of drug-likeness (QED) is 0.603. The van der Waals surface area contributed by atoms with E-state index in [1.165, 1.54) is 0 Å². The number of rotatable bonds is 1. The fraction of sp³-hybridized carbons (Fsp3) is 0.875. The number of hydrogen-bond acceptors (Lipinski definition) is 2. The van der Waals surface area contributed by atoms with Gasteiger partial charge in [0.15, 0.2) is 0 Å². The van der Waals surface area contributed by atoms with Crippen molar-refractivity contribution in [3.05, 3.63) is 0 Å². The Labute approximate surface area is 67.1 Å². The molecular weight excluding hydrogens is 142 g/mol. The van der Waals surface area contributed by atoms with Gasteiger partial charge < -0.3 is 10.1 Å². The van der Waals surface area contributed by atoms with Gasteiger partial charge in [-0.1, -0.05) is 6.92 Å². The molecule has 0 saturated carbocycles. The average Bonchev–Trinajstić information content (AvgIpc) is 2.04. The summed E-state index contributed by atoms with van der Waals surface area (Å²) in [5, 5.41) is 2.68. The highest BCUT2D eigenvalue weighted by Gasteiger charge is 2.33. The van der Waals surface area contributed by atoms with Gasteiger partial charge in [0, 0.05) is 20.3 Å². The number of carbonyl (C=O) groups excluding carboxylic acids is 1. The first-order chi connectivity index (χ1) is 5.19. The molecule has 3 heteroatoms. The summed E-state index contributed by atoms with van der Waals surface area (Å²) in [6.45, 7) is 3.42. The molecule has 1 heterocycles. The smallest absolute Gasteiger partial charge is 0.225 e. The first-order valence-electron chi connectivity index (χ1n) is 3.99. The minimum atomic E-state index is -0.187. The number of amides is 1. The maximum Gasteiger partial charge on any atom is 0.225 e. The fourth-order valence-corrected chi connectivity index (χ4v) is 1.35. The molecule has 0 aromatic carbocycles. The summed E-state index contributed by atoms with van der Waals surface area (Å²) in [6, 6.07) is 0. The van der Waals surface area contributed by atoms with Crippen molar-refractivity contribution in [3.8, 4) is 0 Å². The van der Waals surface area contributed by atoms with Gasteiger partial charge in [-0.05, 0) is 12.8 Å². The summed E-state index contributed by atoms with van der Waals surface area (Å²) in [5.74, 6) is 0.140. The Bertz CT molecular complexity index is 150. The van der Waals surface area contributed by atoms with Gasteiger partial charge in [0.05, 0.1) is 5.41 Å². The zero-order chi connectivity index (χ0) is 8.32. The van der Waals surface area contributed by atoms with E-state index in [9.17, 15) is 4.79 Å². The lowest BCUT2D eigenvalue weighted by molar-refractivity contribution is -0.134. The maximum absolute atomic E-state index is 11.3. The van der Waals surface area contributed by atoms with E-state index in [1.807, 2.05) is 6.92 Å². The van der Waals surface area contributed by atoms with Crippen LogP contribution >= 0.6 is 0 Å². The van der Waals surface area contributed by atoms with Crippen molar-refractivity contribution in [1.82, 2.24) is 5.32 Å². The van der Waals surface area contributed by atoms with Crippen LogP contribution in [0.15, 0.2) is 0 Å². The molecule has 1 saturated heterocycles. The zero-order valence-electron chi connectivity index (χ0n) is 7.14. The average molecular weight is 157 g/mol. The van der Waals surface area contributed by atoms with Crippen LogP contribution in [0.5, 0.6) is 0 Å². The van der Waals surface area contributed by atoms with Gasteiger partial charge in [0.2, 0.25) is 5.91 Å². The topological polar surface area (TPSA) is 38.3 Å². The largest absolute Gasteiger partial charge is 0.381 e. The molecule has 1 rings (SSSR count). The Hall–Kier alpha value is -0.570. The molecule has 0 aliphatic carbocycles. The summed E-state index contributed by atoms with van der Waals surface area (Å²) in [4.78, 5) is 11.3. The Morgan fingerprint density at radius 2 is 2.00 bits per heavy atom. The van der Waals surface area contributed by atoms with Gasteiger partial charge in [0.25, 0.3) is 0 Å². The van der Waals surface area contributed by atoms with Crippen molar-refractivity contribution in [2.45, 2.75) is 19.8 Å². The summed E-state index contributed by atoms with van der Waals surface area (Å²) < 4.78 is 5.18. The predicted molar refractivity (Wildman–Crippen MR) is 42.2 cm³/mol. The highest BCUT2D eigenvalue weighted by atomic mass is 16.5. The molecule has 0 bridgehead atoms. The normalized spacial score (nSPS) is 22.7. The van der Waals surface area contributed by atoms with Gasteiger partial charge in [0.1, 0.15) is 0 Å². The minimum Gasteiger partial charge on any atom is -0.381 e. The third-order valence-electron chi connectivity index (χ3n) is 2.37. The fourth-order valence-electron chi connectivity index (χ4n) is 1.35. The third kappa shape index (κ3) is 1.71. The van der Waals surface area contributed by atoms with Crippen molar-refractivity contribution in [1.29, 1.82) is 0 Å². The maximum atomic E-state index is 11.3. The van der Waals surface area contributed by atoms with Gasteiger partial charge >= 0.3 is 0 Å². The Kier molecular flexibility index (Phi) is 2.49. The second-order valence-electron chi connectivity index (χ2n) is 3.25. The standard InChI is InChI=1S/C8H15NO2/c1-8(7(10)9-2)3-5-11-6-4-8/h3-6H2,1-2H3,(H,9,10). The monoisotopic (exact) mass is 157 g/mol.